The maximum Gasteiger partial charge on any atom is 0.0998 e. The van der Waals surface area contributed by atoms with Gasteiger partial charge in [0.25, 0.3) is 0 Å². The molecule has 0 aromatic heterocycles. The molecule has 0 unspecified atom stereocenters. The van der Waals surface area contributed by atoms with Crippen LogP contribution < -0.4 is 0 Å². The number of aryl methyl sites for hydroxylation is 2. The molecule has 0 spiro atoms. The Kier molecular flexibility index (Phi) is 4.26. The van der Waals surface area contributed by atoms with Gasteiger partial charge in [-0.15, -0.1) is 0 Å². The van der Waals surface area contributed by atoms with Crippen molar-refractivity contribution in [2.45, 2.75) is 20.3 Å². The molecule has 1 heteroatoms. The first-order chi connectivity index (χ1) is 11.2. The number of hydrogen-bond donors (Lipinski definition) is 0. The van der Waals surface area contributed by atoms with E-state index in [1.165, 1.54) is 22.3 Å². The quantitative estimate of drug-likeness (QED) is 0.602. The van der Waals surface area contributed by atoms with Gasteiger partial charge in [0.05, 0.1) is 11.6 Å². The van der Waals surface area contributed by atoms with Gasteiger partial charge in [-0.25, -0.2) is 0 Å². The molecule has 112 valence electrons. The first-order valence-corrected chi connectivity index (χ1v) is 7.92. The lowest BCUT2D eigenvalue weighted by molar-refractivity contribution is 1.14. The molecule has 0 N–H and O–H groups in total. The SMILES string of the molecule is CCc1cccc(-c2ccc(-c3ccccc3C#N)cc2C)c1. The van der Waals surface area contributed by atoms with Gasteiger partial charge < -0.3 is 0 Å². The lowest BCUT2D eigenvalue weighted by atomic mass is 9.93. The van der Waals surface area contributed by atoms with Crippen molar-refractivity contribution in [1.82, 2.24) is 0 Å². The molecule has 0 aliphatic heterocycles. The van der Waals surface area contributed by atoms with Crippen LogP contribution in [0.3, 0.4) is 0 Å². The fraction of sp³-hybridized carbons (Fsp3) is 0.136. The van der Waals surface area contributed by atoms with Gasteiger partial charge >= 0.3 is 0 Å². The Morgan fingerprint density at radius 3 is 2.35 bits per heavy atom. The van der Waals surface area contributed by atoms with Gasteiger partial charge in [0, 0.05) is 0 Å². The summed E-state index contributed by atoms with van der Waals surface area (Å²) >= 11 is 0. The van der Waals surface area contributed by atoms with Crippen LogP contribution in [0.5, 0.6) is 0 Å². The second kappa shape index (κ2) is 6.50. The normalized spacial score (nSPS) is 10.3. The molecule has 0 saturated heterocycles. The first kappa shape index (κ1) is 15.1. The van der Waals surface area contributed by atoms with E-state index in [2.05, 4.69) is 62.4 Å². The van der Waals surface area contributed by atoms with Crippen LogP contribution in [0.15, 0.2) is 66.7 Å². The molecule has 0 atom stereocenters. The fourth-order valence-corrected chi connectivity index (χ4v) is 2.95. The summed E-state index contributed by atoms with van der Waals surface area (Å²) in [6.07, 6.45) is 1.04. The van der Waals surface area contributed by atoms with Gasteiger partial charge in [0.1, 0.15) is 0 Å². The molecule has 3 rings (SSSR count). The van der Waals surface area contributed by atoms with Gasteiger partial charge in [0.15, 0.2) is 0 Å². The van der Waals surface area contributed by atoms with Crippen molar-refractivity contribution in [3.05, 3.63) is 83.4 Å². The Balaban J connectivity index is 2.06. The van der Waals surface area contributed by atoms with E-state index < -0.39 is 0 Å². The lowest BCUT2D eigenvalue weighted by Gasteiger charge is -2.11. The Morgan fingerprint density at radius 2 is 1.61 bits per heavy atom. The van der Waals surface area contributed by atoms with Crippen LogP contribution in [-0.4, -0.2) is 0 Å². The average molecular weight is 297 g/mol. The molecule has 0 fully saturated rings. The monoisotopic (exact) mass is 297 g/mol. The van der Waals surface area contributed by atoms with Crippen LogP contribution in [0.1, 0.15) is 23.6 Å². The third kappa shape index (κ3) is 3.03. The van der Waals surface area contributed by atoms with Gasteiger partial charge in [0.2, 0.25) is 0 Å². The third-order valence-electron chi connectivity index (χ3n) is 4.23. The number of benzene rings is 3. The van der Waals surface area contributed by atoms with E-state index in [9.17, 15) is 5.26 Å². The molecule has 3 aromatic carbocycles. The summed E-state index contributed by atoms with van der Waals surface area (Å²) in [5.74, 6) is 0. The zero-order valence-corrected chi connectivity index (χ0v) is 13.5. The third-order valence-corrected chi connectivity index (χ3v) is 4.23. The Hall–Kier alpha value is -2.85. The average Bonchev–Trinajstić information content (AvgIpc) is 2.61. The van der Waals surface area contributed by atoms with Crippen molar-refractivity contribution in [2.75, 3.05) is 0 Å². The van der Waals surface area contributed by atoms with Crippen LogP contribution >= 0.6 is 0 Å². The van der Waals surface area contributed by atoms with E-state index in [1.54, 1.807) is 0 Å². The zero-order valence-electron chi connectivity index (χ0n) is 13.5. The van der Waals surface area contributed by atoms with E-state index in [-0.39, 0.29) is 0 Å². The predicted molar refractivity (Wildman–Crippen MR) is 96.1 cm³/mol. The summed E-state index contributed by atoms with van der Waals surface area (Å²) in [4.78, 5) is 0. The zero-order chi connectivity index (χ0) is 16.2. The van der Waals surface area contributed by atoms with Crippen molar-refractivity contribution in [3.8, 4) is 28.3 Å². The van der Waals surface area contributed by atoms with Crippen LogP contribution in [-0.2, 0) is 6.42 Å². The Labute approximate surface area is 137 Å². The minimum absolute atomic E-state index is 0.715. The molecular weight excluding hydrogens is 278 g/mol. The van der Waals surface area contributed by atoms with E-state index in [0.29, 0.717) is 5.56 Å². The molecule has 3 aromatic rings. The second-order valence-corrected chi connectivity index (χ2v) is 5.74. The Morgan fingerprint density at radius 1 is 0.826 bits per heavy atom. The molecule has 23 heavy (non-hydrogen) atoms. The largest absolute Gasteiger partial charge is 0.192 e. The first-order valence-electron chi connectivity index (χ1n) is 7.92. The highest BCUT2D eigenvalue weighted by Crippen LogP contribution is 2.30. The summed E-state index contributed by atoms with van der Waals surface area (Å²) in [6.45, 7) is 4.31. The molecule has 1 nitrogen and oxygen atoms in total. The number of hydrogen-bond acceptors (Lipinski definition) is 1. The number of rotatable bonds is 3. The number of nitriles is 1. The minimum Gasteiger partial charge on any atom is -0.192 e. The van der Waals surface area contributed by atoms with Crippen LogP contribution in [0.2, 0.25) is 0 Å². The van der Waals surface area contributed by atoms with Gasteiger partial charge in [-0.05, 0) is 52.8 Å². The van der Waals surface area contributed by atoms with Crippen molar-refractivity contribution < 1.29 is 0 Å². The highest BCUT2D eigenvalue weighted by Gasteiger charge is 2.08. The standard InChI is InChI=1S/C22H19N/c1-3-17-7-6-9-18(14-17)21-12-11-19(13-16(21)2)22-10-5-4-8-20(22)15-23/h4-14H,3H2,1-2H3. The second-order valence-electron chi connectivity index (χ2n) is 5.74. The lowest BCUT2D eigenvalue weighted by Crippen LogP contribution is -1.89. The summed E-state index contributed by atoms with van der Waals surface area (Å²) < 4.78 is 0. The van der Waals surface area contributed by atoms with E-state index in [1.807, 2.05) is 24.3 Å². The number of nitrogens with zero attached hydrogens (tertiary/aromatic N) is 1. The van der Waals surface area contributed by atoms with Crippen LogP contribution in [0.4, 0.5) is 0 Å². The highest BCUT2D eigenvalue weighted by atomic mass is 14.2. The highest BCUT2D eigenvalue weighted by molar-refractivity contribution is 5.76. The van der Waals surface area contributed by atoms with Crippen molar-refractivity contribution in [1.29, 1.82) is 5.26 Å². The molecule has 0 aliphatic carbocycles. The van der Waals surface area contributed by atoms with Crippen LogP contribution in [0, 0.1) is 18.3 Å². The Bertz CT molecular complexity index is 884. The molecular formula is C22H19N. The van der Waals surface area contributed by atoms with Crippen molar-refractivity contribution in [2.24, 2.45) is 0 Å². The van der Waals surface area contributed by atoms with Gasteiger partial charge in [-0.2, -0.15) is 5.26 Å². The topological polar surface area (TPSA) is 23.8 Å². The molecule has 0 radical (unpaired) electrons. The maximum absolute atomic E-state index is 9.29. The predicted octanol–water partition coefficient (Wildman–Crippen LogP) is 5.76. The summed E-state index contributed by atoms with van der Waals surface area (Å²) in [7, 11) is 0. The van der Waals surface area contributed by atoms with Gasteiger partial charge in [-0.3, -0.25) is 0 Å². The van der Waals surface area contributed by atoms with Crippen molar-refractivity contribution in [3.63, 3.8) is 0 Å². The van der Waals surface area contributed by atoms with Crippen LogP contribution in [0.25, 0.3) is 22.3 Å². The van der Waals surface area contributed by atoms with E-state index >= 15 is 0 Å². The molecule has 0 amide bonds. The fourth-order valence-electron chi connectivity index (χ4n) is 2.95. The van der Waals surface area contributed by atoms with E-state index in [4.69, 9.17) is 0 Å². The molecule has 0 bridgehead atoms. The smallest absolute Gasteiger partial charge is 0.0998 e. The minimum atomic E-state index is 0.715. The molecule has 0 saturated carbocycles. The summed E-state index contributed by atoms with van der Waals surface area (Å²) in [6, 6.07) is 25.2. The van der Waals surface area contributed by atoms with E-state index in [0.717, 1.165) is 17.5 Å². The summed E-state index contributed by atoms with van der Waals surface area (Å²) in [5.41, 5.74) is 7.87. The maximum atomic E-state index is 9.29. The summed E-state index contributed by atoms with van der Waals surface area (Å²) in [5, 5.41) is 9.29. The molecule has 0 aliphatic rings. The van der Waals surface area contributed by atoms with Crippen molar-refractivity contribution >= 4 is 0 Å². The molecule has 0 heterocycles. The van der Waals surface area contributed by atoms with Gasteiger partial charge in [-0.1, -0.05) is 67.6 Å².